The summed E-state index contributed by atoms with van der Waals surface area (Å²) in [4.78, 5) is 14.1. The van der Waals surface area contributed by atoms with Crippen LogP contribution in [0, 0.1) is 26.6 Å². The number of carbonyl (C=O) groups excluding carboxylic acids is 1. The zero-order valence-corrected chi connectivity index (χ0v) is 16.3. The first-order valence-corrected chi connectivity index (χ1v) is 9.37. The summed E-state index contributed by atoms with van der Waals surface area (Å²) in [5.41, 5.74) is 2.03. The number of anilines is 1. The van der Waals surface area contributed by atoms with Crippen molar-refractivity contribution in [1.29, 1.82) is 0 Å². The summed E-state index contributed by atoms with van der Waals surface area (Å²) in [6.07, 6.45) is 3.76. The summed E-state index contributed by atoms with van der Waals surface area (Å²) in [5.74, 6) is -0.340. The zero-order valence-electron chi connectivity index (χ0n) is 15.5. The van der Waals surface area contributed by atoms with Crippen LogP contribution in [0.15, 0.2) is 42.7 Å². The number of nitrogens with one attached hydrogen (secondary N) is 1. The number of benzene rings is 1. The second kappa shape index (κ2) is 7.01. The van der Waals surface area contributed by atoms with E-state index in [0.29, 0.717) is 17.1 Å². The third kappa shape index (κ3) is 3.09. The average Bonchev–Trinajstić information content (AvgIpc) is 3.39. The Labute approximate surface area is 164 Å². The van der Waals surface area contributed by atoms with E-state index in [2.05, 4.69) is 20.8 Å². The molecule has 1 amide bonds. The number of nitrogens with zero attached hydrogens (tertiary/aromatic N) is 5. The Kier molecular flexibility index (Phi) is 4.52. The van der Waals surface area contributed by atoms with Gasteiger partial charge in [-0.15, -0.1) is 16.4 Å². The van der Waals surface area contributed by atoms with Gasteiger partial charge >= 0.3 is 0 Å². The minimum absolute atomic E-state index is 0.0686. The lowest BCUT2D eigenvalue weighted by atomic mass is 10.1. The van der Waals surface area contributed by atoms with E-state index >= 15 is 0 Å². The van der Waals surface area contributed by atoms with Gasteiger partial charge in [0.25, 0.3) is 5.91 Å². The Balaban J connectivity index is 1.71. The smallest absolute Gasteiger partial charge is 0.259 e. The molecule has 0 bridgehead atoms. The zero-order chi connectivity index (χ0) is 19.8. The second-order valence-electron chi connectivity index (χ2n) is 6.31. The summed E-state index contributed by atoms with van der Waals surface area (Å²) in [5, 5.41) is 14.8. The fourth-order valence-corrected chi connectivity index (χ4v) is 4.04. The molecule has 0 saturated carbocycles. The number of tetrazole rings is 1. The molecule has 0 fully saturated rings. The maximum absolute atomic E-state index is 14.4. The van der Waals surface area contributed by atoms with E-state index in [1.807, 2.05) is 42.9 Å². The van der Waals surface area contributed by atoms with Gasteiger partial charge in [-0.3, -0.25) is 4.79 Å². The van der Waals surface area contributed by atoms with Gasteiger partial charge in [0.1, 0.15) is 10.8 Å². The molecule has 1 aromatic carbocycles. The highest BCUT2D eigenvalue weighted by atomic mass is 32.1. The summed E-state index contributed by atoms with van der Waals surface area (Å²) in [6.45, 7) is 5.60. The number of rotatable bonds is 4. The molecule has 0 aliphatic heterocycles. The highest BCUT2D eigenvalue weighted by Crippen LogP contribution is 2.32. The molecule has 0 aliphatic carbocycles. The molecule has 3 heterocycles. The summed E-state index contributed by atoms with van der Waals surface area (Å²) >= 11 is 1.52. The first kappa shape index (κ1) is 18.1. The molecule has 0 atom stereocenters. The van der Waals surface area contributed by atoms with Gasteiger partial charge in [-0.2, -0.15) is 4.68 Å². The van der Waals surface area contributed by atoms with Crippen molar-refractivity contribution in [2.24, 2.45) is 0 Å². The van der Waals surface area contributed by atoms with Crippen LogP contribution in [-0.2, 0) is 0 Å². The molecule has 4 aromatic rings. The van der Waals surface area contributed by atoms with Crippen molar-refractivity contribution >= 4 is 22.9 Å². The summed E-state index contributed by atoms with van der Waals surface area (Å²) in [7, 11) is 0. The van der Waals surface area contributed by atoms with Crippen LogP contribution in [0.3, 0.4) is 0 Å². The lowest BCUT2D eigenvalue weighted by Crippen LogP contribution is -2.16. The average molecular weight is 396 g/mol. The van der Waals surface area contributed by atoms with Gasteiger partial charge in [0.2, 0.25) is 0 Å². The topological polar surface area (TPSA) is 77.6 Å². The molecule has 1 N–H and O–H groups in total. The van der Waals surface area contributed by atoms with Crippen LogP contribution in [0.5, 0.6) is 0 Å². The molecule has 4 rings (SSSR count). The van der Waals surface area contributed by atoms with Crippen LogP contribution in [0.25, 0.3) is 10.7 Å². The van der Waals surface area contributed by atoms with E-state index in [0.717, 1.165) is 15.4 Å². The Morgan fingerprint density at radius 3 is 2.61 bits per heavy atom. The SMILES string of the molecule is Cc1sc(-n2cccc2)c(C(=O)Nc2cc(-n3nnnc3C)ccc2F)c1C. The molecule has 28 heavy (non-hydrogen) atoms. The highest BCUT2D eigenvalue weighted by Gasteiger charge is 2.22. The number of halogens is 1. The van der Waals surface area contributed by atoms with E-state index in [1.54, 1.807) is 13.0 Å². The summed E-state index contributed by atoms with van der Waals surface area (Å²) < 4.78 is 17.7. The van der Waals surface area contributed by atoms with Crippen molar-refractivity contribution in [3.63, 3.8) is 0 Å². The largest absolute Gasteiger partial charge is 0.319 e. The van der Waals surface area contributed by atoms with Crippen molar-refractivity contribution in [2.75, 3.05) is 5.32 Å². The van der Waals surface area contributed by atoms with E-state index < -0.39 is 5.82 Å². The molecule has 3 aromatic heterocycles. The van der Waals surface area contributed by atoms with E-state index in [9.17, 15) is 9.18 Å². The first-order valence-electron chi connectivity index (χ1n) is 8.55. The van der Waals surface area contributed by atoms with Crippen LogP contribution in [-0.4, -0.2) is 30.7 Å². The third-order valence-corrected chi connectivity index (χ3v) is 5.72. The van der Waals surface area contributed by atoms with Gasteiger partial charge in [-0.25, -0.2) is 4.39 Å². The molecule has 0 radical (unpaired) electrons. The van der Waals surface area contributed by atoms with Crippen molar-refractivity contribution < 1.29 is 9.18 Å². The molecule has 9 heteroatoms. The van der Waals surface area contributed by atoms with Crippen LogP contribution >= 0.6 is 11.3 Å². The molecule has 0 saturated heterocycles. The van der Waals surface area contributed by atoms with Crippen LogP contribution in [0.2, 0.25) is 0 Å². The standard InChI is InChI=1S/C19H17FN6OS/c1-11-12(2)28-19(25-8-4-5-9-25)17(11)18(27)21-16-10-14(6-7-15(16)20)26-13(3)22-23-24-26/h4-10H,1-3H3,(H,21,27). The van der Waals surface area contributed by atoms with Crippen molar-refractivity contribution in [3.8, 4) is 10.7 Å². The molecule has 0 unspecified atom stereocenters. The number of thiophene rings is 1. The molecule has 142 valence electrons. The fourth-order valence-electron chi connectivity index (χ4n) is 2.92. The highest BCUT2D eigenvalue weighted by molar-refractivity contribution is 7.15. The number of hydrogen-bond donors (Lipinski definition) is 1. The quantitative estimate of drug-likeness (QED) is 0.569. The number of amides is 1. The Hall–Kier alpha value is -3.33. The van der Waals surface area contributed by atoms with Gasteiger partial charge in [-0.1, -0.05) is 0 Å². The lowest BCUT2D eigenvalue weighted by Gasteiger charge is -2.11. The van der Waals surface area contributed by atoms with Crippen molar-refractivity contribution in [2.45, 2.75) is 20.8 Å². The Morgan fingerprint density at radius 2 is 1.93 bits per heavy atom. The molecular formula is C19H17FN6OS. The maximum atomic E-state index is 14.4. The lowest BCUT2D eigenvalue weighted by molar-refractivity contribution is 0.102. The minimum atomic E-state index is -0.532. The summed E-state index contributed by atoms with van der Waals surface area (Å²) in [6, 6.07) is 8.14. The van der Waals surface area contributed by atoms with E-state index in [1.165, 1.54) is 28.2 Å². The second-order valence-corrected chi connectivity index (χ2v) is 7.51. The number of hydrogen-bond acceptors (Lipinski definition) is 5. The molecular weight excluding hydrogens is 379 g/mol. The fraction of sp³-hybridized carbons (Fsp3) is 0.158. The van der Waals surface area contributed by atoms with Crippen LogP contribution < -0.4 is 5.32 Å². The van der Waals surface area contributed by atoms with Gasteiger partial charge in [0.05, 0.1) is 16.9 Å². The number of carbonyl (C=O) groups is 1. The van der Waals surface area contributed by atoms with Gasteiger partial charge in [-0.05, 0) is 67.1 Å². The number of aromatic nitrogens is 5. The number of aryl methyl sites for hydroxylation is 2. The van der Waals surface area contributed by atoms with Crippen LogP contribution in [0.1, 0.15) is 26.6 Å². The monoisotopic (exact) mass is 396 g/mol. The molecule has 7 nitrogen and oxygen atoms in total. The van der Waals surface area contributed by atoms with Gasteiger partial charge in [0.15, 0.2) is 5.82 Å². The van der Waals surface area contributed by atoms with Gasteiger partial charge < -0.3 is 9.88 Å². The minimum Gasteiger partial charge on any atom is -0.319 e. The normalized spacial score (nSPS) is 11.0. The van der Waals surface area contributed by atoms with Crippen LogP contribution in [0.4, 0.5) is 10.1 Å². The first-order chi connectivity index (χ1) is 13.5. The third-order valence-electron chi connectivity index (χ3n) is 4.50. The Bertz CT molecular complexity index is 1160. The molecule has 0 aliphatic rings. The maximum Gasteiger partial charge on any atom is 0.259 e. The van der Waals surface area contributed by atoms with Crippen molar-refractivity contribution in [1.82, 2.24) is 24.8 Å². The Morgan fingerprint density at radius 1 is 1.18 bits per heavy atom. The van der Waals surface area contributed by atoms with Gasteiger partial charge in [0, 0.05) is 17.3 Å². The predicted octanol–water partition coefficient (Wildman–Crippen LogP) is 3.83. The van der Waals surface area contributed by atoms with E-state index in [4.69, 9.17) is 0 Å². The predicted molar refractivity (Wildman–Crippen MR) is 105 cm³/mol. The molecule has 0 spiro atoms. The van der Waals surface area contributed by atoms with Crippen molar-refractivity contribution in [3.05, 3.63) is 70.4 Å². The van der Waals surface area contributed by atoms with E-state index in [-0.39, 0.29) is 11.6 Å².